The van der Waals surface area contributed by atoms with Crippen LogP contribution in [0.15, 0.2) is 22.7 Å². The van der Waals surface area contributed by atoms with Gasteiger partial charge in [0.15, 0.2) is 0 Å². The van der Waals surface area contributed by atoms with E-state index >= 15 is 0 Å². The van der Waals surface area contributed by atoms with Crippen molar-refractivity contribution in [3.63, 3.8) is 0 Å². The Hall–Kier alpha value is -1.56. The molecule has 2 rings (SSSR count). The average Bonchev–Trinajstić information content (AvgIpc) is 2.45. The molecule has 0 bridgehead atoms. The summed E-state index contributed by atoms with van der Waals surface area (Å²) in [6, 6.07) is 5.19. The fraction of sp³-hybridized carbons (Fsp3) is 0.467. The molecular formula is C15H18BrNO4. The minimum Gasteiger partial charge on any atom is -0.496 e. The zero-order chi connectivity index (χ0) is 15.6. The first-order valence-electron chi connectivity index (χ1n) is 6.79. The van der Waals surface area contributed by atoms with E-state index in [0.29, 0.717) is 30.8 Å². The van der Waals surface area contributed by atoms with Crippen LogP contribution >= 0.6 is 15.9 Å². The Morgan fingerprint density at radius 2 is 2.14 bits per heavy atom. The molecule has 5 nitrogen and oxygen atoms in total. The Kier molecular flexibility index (Phi) is 4.88. The van der Waals surface area contributed by atoms with Gasteiger partial charge in [0.05, 0.1) is 17.5 Å². The van der Waals surface area contributed by atoms with E-state index in [4.69, 9.17) is 9.84 Å². The third kappa shape index (κ3) is 3.37. The van der Waals surface area contributed by atoms with Gasteiger partial charge in [0.25, 0.3) is 5.91 Å². The largest absolute Gasteiger partial charge is 0.496 e. The Labute approximate surface area is 132 Å². The lowest BCUT2D eigenvalue weighted by molar-refractivity contribution is -0.145. The first kappa shape index (κ1) is 15.8. The fourth-order valence-corrected chi connectivity index (χ4v) is 3.22. The molecule has 1 aromatic carbocycles. The molecule has 0 aliphatic carbocycles. The first-order chi connectivity index (χ1) is 9.93. The van der Waals surface area contributed by atoms with Crippen LogP contribution in [0.5, 0.6) is 5.75 Å². The van der Waals surface area contributed by atoms with Gasteiger partial charge in [-0.2, -0.15) is 0 Å². The quantitative estimate of drug-likeness (QED) is 0.904. The SMILES string of the molecule is COc1ccc(C(=O)N2CCC(C(=O)O)C(C)C2)cc1Br. The Balaban J connectivity index is 2.11. The number of hydrogen-bond acceptors (Lipinski definition) is 3. The minimum atomic E-state index is -0.776. The standard InChI is InChI=1S/C15H18BrNO4/c1-9-8-17(6-5-11(9)15(19)20)14(18)10-3-4-13(21-2)12(16)7-10/h3-4,7,9,11H,5-6,8H2,1-2H3,(H,19,20). The molecule has 21 heavy (non-hydrogen) atoms. The summed E-state index contributed by atoms with van der Waals surface area (Å²) < 4.78 is 5.87. The maximum atomic E-state index is 12.5. The number of likely N-dealkylation sites (tertiary alicyclic amines) is 1. The van der Waals surface area contributed by atoms with Crippen LogP contribution in [-0.4, -0.2) is 42.1 Å². The molecule has 1 heterocycles. The van der Waals surface area contributed by atoms with Gasteiger partial charge in [-0.05, 0) is 46.5 Å². The maximum Gasteiger partial charge on any atom is 0.306 e. The smallest absolute Gasteiger partial charge is 0.306 e. The lowest BCUT2D eigenvalue weighted by Gasteiger charge is -2.35. The number of rotatable bonds is 3. The van der Waals surface area contributed by atoms with Crippen molar-refractivity contribution < 1.29 is 19.4 Å². The molecule has 2 atom stereocenters. The van der Waals surface area contributed by atoms with Crippen LogP contribution < -0.4 is 4.74 Å². The topological polar surface area (TPSA) is 66.8 Å². The van der Waals surface area contributed by atoms with Crippen LogP contribution in [-0.2, 0) is 4.79 Å². The number of amides is 1. The molecule has 0 radical (unpaired) electrons. The van der Waals surface area contributed by atoms with Crippen molar-refractivity contribution in [3.05, 3.63) is 28.2 Å². The van der Waals surface area contributed by atoms with Crippen LogP contribution in [0.1, 0.15) is 23.7 Å². The monoisotopic (exact) mass is 355 g/mol. The summed E-state index contributed by atoms with van der Waals surface area (Å²) in [4.78, 5) is 25.3. The molecule has 0 saturated carbocycles. The number of halogens is 1. The van der Waals surface area contributed by atoms with Crippen LogP contribution in [0, 0.1) is 11.8 Å². The van der Waals surface area contributed by atoms with Gasteiger partial charge in [0, 0.05) is 18.7 Å². The highest BCUT2D eigenvalue weighted by atomic mass is 79.9. The molecule has 1 fully saturated rings. The Bertz CT molecular complexity index is 561. The molecule has 2 unspecified atom stereocenters. The van der Waals surface area contributed by atoms with Crippen LogP contribution in [0.3, 0.4) is 0 Å². The number of methoxy groups -OCH3 is 1. The highest BCUT2D eigenvalue weighted by molar-refractivity contribution is 9.10. The number of hydrogen-bond donors (Lipinski definition) is 1. The number of carboxylic acid groups (broad SMARTS) is 1. The molecule has 6 heteroatoms. The van der Waals surface area contributed by atoms with Crippen molar-refractivity contribution in [2.24, 2.45) is 11.8 Å². The summed E-state index contributed by atoms with van der Waals surface area (Å²) in [6.45, 7) is 2.82. The number of carbonyl (C=O) groups is 2. The minimum absolute atomic E-state index is 0.0399. The summed E-state index contributed by atoms with van der Waals surface area (Å²) >= 11 is 3.37. The summed E-state index contributed by atoms with van der Waals surface area (Å²) in [5, 5.41) is 9.12. The van der Waals surface area contributed by atoms with Gasteiger partial charge in [0.2, 0.25) is 0 Å². The summed E-state index contributed by atoms with van der Waals surface area (Å²) in [7, 11) is 1.57. The Morgan fingerprint density at radius 1 is 1.43 bits per heavy atom. The van der Waals surface area contributed by atoms with Gasteiger partial charge in [-0.3, -0.25) is 9.59 Å². The van der Waals surface area contributed by atoms with E-state index in [0.717, 1.165) is 4.47 Å². The highest BCUT2D eigenvalue weighted by Crippen LogP contribution is 2.28. The maximum absolute atomic E-state index is 12.5. The van der Waals surface area contributed by atoms with E-state index in [1.54, 1.807) is 30.2 Å². The fourth-order valence-electron chi connectivity index (χ4n) is 2.68. The van der Waals surface area contributed by atoms with E-state index in [1.165, 1.54) is 0 Å². The second kappa shape index (κ2) is 6.47. The van der Waals surface area contributed by atoms with Crippen LogP contribution in [0.4, 0.5) is 0 Å². The van der Waals surface area contributed by atoms with E-state index in [2.05, 4.69) is 15.9 Å². The van der Waals surface area contributed by atoms with E-state index in [-0.39, 0.29) is 17.7 Å². The number of benzene rings is 1. The number of carboxylic acids is 1. The van der Waals surface area contributed by atoms with E-state index < -0.39 is 5.97 Å². The highest BCUT2D eigenvalue weighted by Gasteiger charge is 2.33. The number of aliphatic carboxylic acids is 1. The number of ether oxygens (including phenoxy) is 1. The molecule has 114 valence electrons. The number of nitrogens with zero attached hydrogens (tertiary/aromatic N) is 1. The molecule has 1 N–H and O–H groups in total. The Morgan fingerprint density at radius 3 is 2.67 bits per heavy atom. The van der Waals surface area contributed by atoms with Crippen molar-refractivity contribution in [2.45, 2.75) is 13.3 Å². The molecule has 0 spiro atoms. The van der Waals surface area contributed by atoms with Crippen molar-refractivity contribution >= 4 is 27.8 Å². The normalized spacial score (nSPS) is 22.0. The van der Waals surface area contributed by atoms with Gasteiger partial charge >= 0.3 is 5.97 Å². The third-order valence-electron chi connectivity index (χ3n) is 3.91. The summed E-state index contributed by atoms with van der Waals surface area (Å²) in [5.74, 6) is -0.584. The average molecular weight is 356 g/mol. The zero-order valence-electron chi connectivity index (χ0n) is 12.0. The molecular weight excluding hydrogens is 338 g/mol. The summed E-state index contributed by atoms with van der Waals surface area (Å²) in [5.41, 5.74) is 0.573. The molecule has 1 amide bonds. The second-order valence-corrected chi connectivity index (χ2v) is 6.17. The predicted octanol–water partition coefficient (Wildman–Crippen LogP) is 2.64. The zero-order valence-corrected chi connectivity index (χ0v) is 13.6. The van der Waals surface area contributed by atoms with Gasteiger partial charge in [0.1, 0.15) is 5.75 Å². The predicted molar refractivity (Wildman–Crippen MR) is 81.5 cm³/mol. The van der Waals surface area contributed by atoms with Crippen molar-refractivity contribution in [3.8, 4) is 5.75 Å². The van der Waals surface area contributed by atoms with Gasteiger partial charge in [-0.15, -0.1) is 0 Å². The lowest BCUT2D eigenvalue weighted by Crippen LogP contribution is -2.45. The summed E-state index contributed by atoms with van der Waals surface area (Å²) in [6.07, 6.45) is 0.500. The van der Waals surface area contributed by atoms with Crippen molar-refractivity contribution in [1.82, 2.24) is 4.90 Å². The third-order valence-corrected chi connectivity index (χ3v) is 4.53. The molecule has 0 aromatic heterocycles. The van der Waals surface area contributed by atoms with Crippen molar-refractivity contribution in [2.75, 3.05) is 20.2 Å². The van der Waals surface area contributed by atoms with Crippen LogP contribution in [0.2, 0.25) is 0 Å². The van der Waals surface area contributed by atoms with Gasteiger partial charge in [-0.25, -0.2) is 0 Å². The molecule has 1 saturated heterocycles. The molecule has 1 aliphatic rings. The van der Waals surface area contributed by atoms with Gasteiger partial charge in [-0.1, -0.05) is 6.92 Å². The lowest BCUT2D eigenvalue weighted by atomic mass is 9.87. The van der Waals surface area contributed by atoms with E-state index in [9.17, 15) is 9.59 Å². The van der Waals surface area contributed by atoms with Gasteiger partial charge < -0.3 is 14.7 Å². The number of carbonyl (C=O) groups excluding carboxylic acids is 1. The van der Waals surface area contributed by atoms with Crippen LogP contribution in [0.25, 0.3) is 0 Å². The number of piperidine rings is 1. The van der Waals surface area contributed by atoms with E-state index in [1.807, 2.05) is 6.92 Å². The first-order valence-corrected chi connectivity index (χ1v) is 7.59. The van der Waals surface area contributed by atoms with Crippen molar-refractivity contribution in [1.29, 1.82) is 0 Å². The molecule has 1 aliphatic heterocycles. The molecule has 1 aromatic rings. The second-order valence-electron chi connectivity index (χ2n) is 5.31.